The molecule has 7 heteroatoms. The number of anilines is 1. The summed E-state index contributed by atoms with van der Waals surface area (Å²) in [4.78, 5) is 13.3. The number of ether oxygens (including phenoxy) is 1. The summed E-state index contributed by atoms with van der Waals surface area (Å²) in [5.74, 6) is 0.0170. The highest BCUT2D eigenvalue weighted by Gasteiger charge is 2.37. The van der Waals surface area contributed by atoms with Crippen LogP contribution in [0.2, 0.25) is 0 Å². The molecule has 33 heavy (non-hydrogen) atoms. The summed E-state index contributed by atoms with van der Waals surface area (Å²) in [6.07, 6.45) is -0.0308. The average molecular weight is 465 g/mol. The topological polar surface area (TPSA) is 75.7 Å². The molecule has 1 heterocycles. The van der Waals surface area contributed by atoms with E-state index < -0.39 is 16.1 Å². The Hall–Kier alpha value is -3.32. The highest BCUT2D eigenvalue weighted by molar-refractivity contribution is 7.92. The molecule has 3 aromatic rings. The van der Waals surface area contributed by atoms with Gasteiger partial charge < -0.3 is 10.1 Å². The van der Waals surface area contributed by atoms with Gasteiger partial charge in [-0.1, -0.05) is 55.5 Å². The number of rotatable bonds is 6. The molecule has 0 aliphatic carbocycles. The first-order valence-corrected chi connectivity index (χ1v) is 12.5. The van der Waals surface area contributed by atoms with Gasteiger partial charge in [0.1, 0.15) is 5.75 Å². The Morgan fingerprint density at radius 2 is 1.79 bits per heavy atom. The SMILES string of the molecule is CCc1ccc([C@H](C)NC(=O)[C@H]2CN(S(=O)(=O)c3ccccc3)c3ccc(C)cc3O2)cc1. The number of fused-ring (bicyclic) bond motifs is 1. The predicted molar refractivity (Wildman–Crippen MR) is 129 cm³/mol. The normalized spacial score (nSPS) is 16.5. The molecule has 0 aromatic heterocycles. The summed E-state index contributed by atoms with van der Waals surface area (Å²) >= 11 is 0. The van der Waals surface area contributed by atoms with E-state index in [1.165, 1.54) is 9.87 Å². The second kappa shape index (κ2) is 9.27. The summed E-state index contributed by atoms with van der Waals surface area (Å²) in [7, 11) is -3.87. The van der Waals surface area contributed by atoms with Crippen molar-refractivity contribution >= 4 is 21.6 Å². The minimum Gasteiger partial charge on any atom is -0.476 e. The second-order valence-corrected chi connectivity index (χ2v) is 10.1. The smallest absolute Gasteiger partial charge is 0.264 e. The molecule has 3 aromatic carbocycles. The Bertz CT molecular complexity index is 1240. The molecule has 6 nitrogen and oxygen atoms in total. The van der Waals surface area contributed by atoms with Crippen molar-refractivity contribution in [2.45, 2.75) is 44.2 Å². The number of benzene rings is 3. The fraction of sp³-hybridized carbons (Fsp3) is 0.269. The van der Waals surface area contributed by atoms with Gasteiger partial charge >= 0.3 is 0 Å². The van der Waals surface area contributed by atoms with E-state index in [0.717, 1.165) is 17.5 Å². The number of aryl methyl sites for hydroxylation is 2. The summed E-state index contributed by atoms with van der Waals surface area (Å²) in [6.45, 7) is 5.78. The van der Waals surface area contributed by atoms with Crippen molar-refractivity contribution < 1.29 is 17.9 Å². The van der Waals surface area contributed by atoms with Crippen LogP contribution in [0.25, 0.3) is 0 Å². The zero-order chi connectivity index (χ0) is 23.6. The lowest BCUT2D eigenvalue weighted by Crippen LogP contribution is -2.51. The van der Waals surface area contributed by atoms with Crippen LogP contribution in [-0.2, 0) is 21.2 Å². The maximum absolute atomic E-state index is 13.4. The number of hydrogen-bond acceptors (Lipinski definition) is 4. The van der Waals surface area contributed by atoms with Crippen LogP contribution in [0.4, 0.5) is 5.69 Å². The molecule has 0 radical (unpaired) electrons. The standard InChI is InChI=1S/C26H28N2O4S/c1-4-20-11-13-21(14-12-20)19(3)27-26(29)25-17-28(23-15-10-18(2)16-24(23)32-25)33(30,31)22-8-6-5-7-9-22/h5-16,19,25H,4,17H2,1-3H3,(H,27,29)/t19-,25+/m0/s1. The minimum atomic E-state index is -3.87. The lowest BCUT2D eigenvalue weighted by atomic mass is 10.0. The van der Waals surface area contributed by atoms with Crippen molar-refractivity contribution in [3.63, 3.8) is 0 Å². The molecule has 0 unspecified atom stereocenters. The van der Waals surface area contributed by atoms with Gasteiger partial charge in [-0.15, -0.1) is 0 Å². The monoisotopic (exact) mass is 464 g/mol. The maximum atomic E-state index is 13.4. The summed E-state index contributed by atoms with van der Waals surface area (Å²) in [5.41, 5.74) is 3.54. The predicted octanol–water partition coefficient (Wildman–Crippen LogP) is 4.39. The number of sulfonamides is 1. The van der Waals surface area contributed by atoms with Crippen molar-refractivity contribution in [3.8, 4) is 5.75 Å². The molecule has 2 atom stereocenters. The number of nitrogens with one attached hydrogen (secondary N) is 1. The molecule has 1 aliphatic heterocycles. The van der Waals surface area contributed by atoms with Gasteiger partial charge in [-0.05, 0) is 61.2 Å². The van der Waals surface area contributed by atoms with Crippen LogP contribution < -0.4 is 14.4 Å². The van der Waals surface area contributed by atoms with Gasteiger partial charge in [-0.3, -0.25) is 9.10 Å². The van der Waals surface area contributed by atoms with E-state index in [1.54, 1.807) is 42.5 Å². The van der Waals surface area contributed by atoms with Gasteiger partial charge in [0.2, 0.25) is 0 Å². The molecule has 0 spiro atoms. The van der Waals surface area contributed by atoms with Crippen LogP contribution in [0.3, 0.4) is 0 Å². The highest BCUT2D eigenvalue weighted by Crippen LogP contribution is 2.37. The molecule has 0 bridgehead atoms. The number of carbonyl (C=O) groups excluding carboxylic acids is 1. The third-order valence-corrected chi connectivity index (χ3v) is 7.65. The fourth-order valence-corrected chi connectivity index (χ4v) is 5.37. The van der Waals surface area contributed by atoms with Crippen LogP contribution >= 0.6 is 0 Å². The van der Waals surface area contributed by atoms with E-state index in [9.17, 15) is 13.2 Å². The van der Waals surface area contributed by atoms with E-state index in [2.05, 4.69) is 12.2 Å². The summed E-state index contributed by atoms with van der Waals surface area (Å²) in [6, 6.07) is 21.4. The Morgan fingerprint density at radius 3 is 2.45 bits per heavy atom. The maximum Gasteiger partial charge on any atom is 0.264 e. The molecule has 0 saturated heterocycles. The Balaban J connectivity index is 1.61. The number of carbonyl (C=O) groups is 1. The molecule has 1 aliphatic rings. The third-order valence-electron chi connectivity index (χ3n) is 5.86. The van der Waals surface area contributed by atoms with E-state index in [-0.39, 0.29) is 23.4 Å². The molecule has 172 valence electrons. The Labute approximate surface area is 195 Å². The average Bonchev–Trinajstić information content (AvgIpc) is 2.83. The van der Waals surface area contributed by atoms with Crippen molar-refractivity contribution in [2.24, 2.45) is 0 Å². The van der Waals surface area contributed by atoms with Gasteiger partial charge in [0.15, 0.2) is 6.10 Å². The molecule has 0 saturated carbocycles. The third kappa shape index (κ3) is 4.73. The lowest BCUT2D eigenvalue weighted by Gasteiger charge is -2.35. The molecule has 0 fully saturated rings. The second-order valence-electron chi connectivity index (χ2n) is 8.25. The van der Waals surface area contributed by atoms with Gasteiger partial charge in [0.05, 0.1) is 23.2 Å². The molecule has 1 amide bonds. The van der Waals surface area contributed by atoms with Gasteiger partial charge in [-0.2, -0.15) is 0 Å². The van der Waals surface area contributed by atoms with Crippen molar-refractivity contribution in [3.05, 3.63) is 89.5 Å². The van der Waals surface area contributed by atoms with Crippen LogP contribution in [0.15, 0.2) is 77.7 Å². The fourth-order valence-electron chi connectivity index (χ4n) is 3.88. The molecular weight excluding hydrogens is 436 g/mol. The highest BCUT2D eigenvalue weighted by atomic mass is 32.2. The quantitative estimate of drug-likeness (QED) is 0.587. The van der Waals surface area contributed by atoms with E-state index in [4.69, 9.17) is 4.74 Å². The van der Waals surface area contributed by atoms with E-state index >= 15 is 0 Å². The van der Waals surface area contributed by atoms with Crippen LogP contribution in [0.5, 0.6) is 5.75 Å². The summed E-state index contributed by atoms with van der Waals surface area (Å²) in [5, 5.41) is 2.98. The van der Waals surface area contributed by atoms with Gasteiger partial charge in [-0.25, -0.2) is 8.42 Å². The molecule has 4 rings (SSSR count). The zero-order valence-electron chi connectivity index (χ0n) is 19.0. The van der Waals surface area contributed by atoms with Crippen LogP contribution in [0.1, 0.15) is 36.6 Å². The van der Waals surface area contributed by atoms with Crippen LogP contribution in [-0.4, -0.2) is 27.0 Å². The number of nitrogens with zero attached hydrogens (tertiary/aromatic N) is 1. The largest absolute Gasteiger partial charge is 0.476 e. The number of amides is 1. The first-order valence-electron chi connectivity index (χ1n) is 11.0. The van der Waals surface area contributed by atoms with Crippen molar-refractivity contribution in [1.82, 2.24) is 5.32 Å². The first kappa shape index (κ1) is 22.9. The molecule has 1 N–H and O–H groups in total. The van der Waals surface area contributed by atoms with Crippen molar-refractivity contribution in [2.75, 3.05) is 10.8 Å². The van der Waals surface area contributed by atoms with Crippen molar-refractivity contribution in [1.29, 1.82) is 0 Å². The zero-order valence-corrected chi connectivity index (χ0v) is 19.8. The first-order chi connectivity index (χ1) is 15.8. The number of hydrogen-bond donors (Lipinski definition) is 1. The Kier molecular flexibility index (Phi) is 6.42. The van der Waals surface area contributed by atoms with Gasteiger partial charge in [0.25, 0.3) is 15.9 Å². The molecular formula is C26H28N2O4S. The minimum absolute atomic E-state index is 0.111. The van der Waals surface area contributed by atoms with Gasteiger partial charge in [0, 0.05) is 0 Å². The lowest BCUT2D eigenvalue weighted by molar-refractivity contribution is -0.128. The Morgan fingerprint density at radius 1 is 1.09 bits per heavy atom. The van der Waals surface area contributed by atoms with E-state index in [1.807, 2.05) is 44.2 Å². The van der Waals surface area contributed by atoms with Crippen LogP contribution in [0, 0.1) is 6.92 Å². The summed E-state index contributed by atoms with van der Waals surface area (Å²) < 4.78 is 34.2. The van der Waals surface area contributed by atoms with E-state index in [0.29, 0.717) is 11.4 Å².